The first-order valence-corrected chi connectivity index (χ1v) is 11.1. The highest BCUT2D eigenvalue weighted by atomic mass is 16.4. The first-order chi connectivity index (χ1) is 16.9. The summed E-state index contributed by atoms with van der Waals surface area (Å²) in [4.78, 5) is 39.4. The zero-order chi connectivity index (χ0) is 24.8. The highest BCUT2D eigenvalue weighted by Crippen LogP contribution is 2.29. The molecule has 1 aromatic heterocycles. The van der Waals surface area contributed by atoms with Gasteiger partial charge in [-0.15, -0.1) is 0 Å². The molecule has 0 saturated carbocycles. The Kier molecular flexibility index (Phi) is 7.07. The summed E-state index contributed by atoms with van der Waals surface area (Å²) in [7, 11) is 0. The van der Waals surface area contributed by atoms with Crippen molar-refractivity contribution >= 4 is 17.7 Å². The molecule has 1 heterocycles. The number of hydrogen-bond donors (Lipinski definition) is 4. The van der Waals surface area contributed by atoms with Crippen molar-refractivity contribution in [1.29, 1.82) is 0 Å². The second-order valence-electron chi connectivity index (χ2n) is 8.15. The monoisotopic (exact) mass is 467 g/mol. The van der Waals surface area contributed by atoms with Crippen LogP contribution in [0, 0.1) is 6.92 Å². The zero-order valence-electron chi connectivity index (χ0n) is 19.1. The molecule has 0 spiro atoms. The van der Waals surface area contributed by atoms with Crippen LogP contribution in [0.15, 0.2) is 102 Å². The fourth-order valence-corrected chi connectivity index (χ4v) is 4.18. The Morgan fingerprint density at radius 3 is 1.89 bits per heavy atom. The Balaban J connectivity index is 1.63. The van der Waals surface area contributed by atoms with Crippen molar-refractivity contribution in [2.24, 2.45) is 0 Å². The standard InChI is InChI=1S/C28H25N3O4/c1-18-23(16-17-24(32)29-18)19-12-14-22(15-13-19)30-27(33)26(31-28(34)35)25(20-8-4-2-5-9-20)21-10-6-3-7-11-21/h2-17,25-26,31H,1H3,(H,29,32)(H,30,33)(H,34,35). The fourth-order valence-electron chi connectivity index (χ4n) is 4.18. The van der Waals surface area contributed by atoms with E-state index in [9.17, 15) is 19.5 Å². The van der Waals surface area contributed by atoms with Gasteiger partial charge in [-0.2, -0.15) is 0 Å². The smallest absolute Gasteiger partial charge is 0.405 e. The van der Waals surface area contributed by atoms with Gasteiger partial charge in [0.25, 0.3) is 0 Å². The highest BCUT2D eigenvalue weighted by molar-refractivity contribution is 5.97. The number of carbonyl (C=O) groups excluding carboxylic acids is 1. The van der Waals surface area contributed by atoms with Gasteiger partial charge in [-0.1, -0.05) is 72.8 Å². The van der Waals surface area contributed by atoms with Gasteiger partial charge in [0, 0.05) is 28.9 Å². The van der Waals surface area contributed by atoms with Crippen molar-refractivity contribution in [1.82, 2.24) is 10.3 Å². The summed E-state index contributed by atoms with van der Waals surface area (Å²) in [5.74, 6) is -1.00. The SMILES string of the molecule is Cc1[nH]c(=O)ccc1-c1ccc(NC(=O)C(NC(=O)O)C(c2ccccc2)c2ccccc2)cc1. The van der Waals surface area contributed by atoms with E-state index in [1.165, 1.54) is 6.07 Å². The molecule has 1 unspecified atom stereocenters. The molecule has 0 bridgehead atoms. The third-order valence-corrected chi connectivity index (χ3v) is 5.79. The predicted octanol–water partition coefficient (Wildman–Crippen LogP) is 4.76. The quantitative estimate of drug-likeness (QED) is 0.314. The minimum Gasteiger partial charge on any atom is -0.465 e. The van der Waals surface area contributed by atoms with E-state index in [1.807, 2.05) is 79.7 Å². The van der Waals surface area contributed by atoms with E-state index in [0.717, 1.165) is 27.9 Å². The number of benzene rings is 3. The van der Waals surface area contributed by atoms with Crippen LogP contribution in [0.1, 0.15) is 22.7 Å². The van der Waals surface area contributed by atoms with Crippen molar-refractivity contribution < 1.29 is 14.7 Å². The van der Waals surface area contributed by atoms with E-state index >= 15 is 0 Å². The van der Waals surface area contributed by atoms with Gasteiger partial charge in [0.05, 0.1) is 0 Å². The largest absolute Gasteiger partial charge is 0.465 e. The molecule has 0 aliphatic rings. The first kappa shape index (κ1) is 23.5. The molecular weight excluding hydrogens is 442 g/mol. The van der Waals surface area contributed by atoms with Gasteiger partial charge >= 0.3 is 6.09 Å². The molecule has 4 rings (SSSR count). The average Bonchev–Trinajstić information content (AvgIpc) is 2.85. The van der Waals surface area contributed by atoms with Crippen molar-refractivity contribution in [3.05, 3.63) is 124 Å². The number of nitrogens with one attached hydrogen (secondary N) is 3. The van der Waals surface area contributed by atoms with Crippen molar-refractivity contribution in [3.63, 3.8) is 0 Å². The van der Waals surface area contributed by atoms with Crippen LogP contribution in [0.4, 0.5) is 10.5 Å². The van der Waals surface area contributed by atoms with Gasteiger partial charge in [-0.25, -0.2) is 4.79 Å². The second-order valence-corrected chi connectivity index (χ2v) is 8.15. The lowest BCUT2D eigenvalue weighted by molar-refractivity contribution is -0.118. The number of anilines is 1. The average molecular weight is 468 g/mol. The molecule has 0 fully saturated rings. The number of carbonyl (C=O) groups is 2. The van der Waals surface area contributed by atoms with Crippen LogP contribution in [-0.2, 0) is 4.79 Å². The second kappa shape index (κ2) is 10.5. The van der Waals surface area contributed by atoms with Gasteiger partial charge in [0.1, 0.15) is 6.04 Å². The normalized spacial score (nSPS) is 11.6. The van der Waals surface area contributed by atoms with Gasteiger partial charge < -0.3 is 20.7 Å². The summed E-state index contributed by atoms with van der Waals surface area (Å²) >= 11 is 0. The minimum atomic E-state index is -1.29. The van der Waals surface area contributed by atoms with Crippen LogP contribution in [-0.4, -0.2) is 28.1 Å². The number of rotatable bonds is 7. The molecule has 7 heteroatoms. The summed E-state index contributed by atoms with van der Waals surface area (Å²) in [5, 5.41) is 14.8. The number of aromatic amines is 1. The number of hydrogen-bond acceptors (Lipinski definition) is 3. The molecule has 0 saturated heterocycles. The lowest BCUT2D eigenvalue weighted by Crippen LogP contribution is -2.47. The predicted molar refractivity (Wildman–Crippen MR) is 136 cm³/mol. The molecule has 4 N–H and O–H groups in total. The summed E-state index contributed by atoms with van der Waals surface area (Å²) in [6.45, 7) is 1.82. The van der Waals surface area contributed by atoms with E-state index < -0.39 is 24.0 Å². The Morgan fingerprint density at radius 2 is 1.37 bits per heavy atom. The van der Waals surface area contributed by atoms with Gasteiger partial charge in [0.15, 0.2) is 0 Å². The number of H-pyrrole nitrogens is 1. The van der Waals surface area contributed by atoms with E-state index in [1.54, 1.807) is 18.2 Å². The Hall–Kier alpha value is -4.65. The maximum Gasteiger partial charge on any atom is 0.405 e. The van der Waals surface area contributed by atoms with E-state index in [4.69, 9.17) is 0 Å². The Morgan fingerprint density at radius 1 is 0.800 bits per heavy atom. The van der Waals surface area contributed by atoms with Crippen LogP contribution in [0.3, 0.4) is 0 Å². The summed E-state index contributed by atoms with van der Waals surface area (Å²) in [5.41, 5.74) is 4.49. The molecular formula is C28H25N3O4. The highest BCUT2D eigenvalue weighted by Gasteiger charge is 2.32. The van der Waals surface area contributed by atoms with Crippen molar-refractivity contribution in [2.75, 3.05) is 5.32 Å². The first-order valence-electron chi connectivity index (χ1n) is 11.1. The lowest BCUT2D eigenvalue weighted by atomic mass is 9.84. The molecule has 4 aromatic rings. The Bertz CT molecular complexity index is 1330. The number of carboxylic acid groups (broad SMARTS) is 1. The molecule has 0 radical (unpaired) electrons. The van der Waals surface area contributed by atoms with Gasteiger partial charge in [-0.3, -0.25) is 9.59 Å². The van der Waals surface area contributed by atoms with Crippen LogP contribution in [0.5, 0.6) is 0 Å². The van der Waals surface area contributed by atoms with Crippen molar-refractivity contribution in [2.45, 2.75) is 18.9 Å². The molecule has 176 valence electrons. The topological polar surface area (TPSA) is 111 Å². The van der Waals surface area contributed by atoms with Crippen LogP contribution in [0.2, 0.25) is 0 Å². The van der Waals surface area contributed by atoms with Crippen molar-refractivity contribution in [3.8, 4) is 11.1 Å². The summed E-state index contributed by atoms with van der Waals surface area (Å²) in [6.07, 6.45) is -1.29. The number of aromatic nitrogens is 1. The van der Waals surface area contributed by atoms with E-state index in [2.05, 4.69) is 15.6 Å². The maximum absolute atomic E-state index is 13.4. The minimum absolute atomic E-state index is 0.168. The maximum atomic E-state index is 13.4. The third-order valence-electron chi connectivity index (χ3n) is 5.79. The number of aryl methyl sites for hydroxylation is 1. The summed E-state index contributed by atoms with van der Waals surface area (Å²) < 4.78 is 0. The fraction of sp³-hybridized carbons (Fsp3) is 0.107. The molecule has 0 aliphatic carbocycles. The molecule has 2 amide bonds. The molecule has 7 nitrogen and oxygen atoms in total. The molecule has 3 aromatic carbocycles. The van der Waals surface area contributed by atoms with Crippen LogP contribution in [0.25, 0.3) is 11.1 Å². The number of pyridine rings is 1. The van der Waals surface area contributed by atoms with Gasteiger partial charge in [-0.05, 0) is 41.8 Å². The zero-order valence-corrected chi connectivity index (χ0v) is 19.1. The molecule has 0 aliphatic heterocycles. The number of amides is 2. The van der Waals surface area contributed by atoms with E-state index in [-0.39, 0.29) is 5.56 Å². The van der Waals surface area contributed by atoms with E-state index in [0.29, 0.717) is 5.69 Å². The summed E-state index contributed by atoms with van der Waals surface area (Å²) in [6, 6.07) is 28.0. The van der Waals surface area contributed by atoms with Crippen LogP contribution < -0.4 is 16.2 Å². The molecule has 1 atom stereocenters. The Labute approximate surface area is 202 Å². The lowest BCUT2D eigenvalue weighted by Gasteiger charge is -2.27. The third kappa shape index (κ3) is 5.65. The van der Waals surface area contributed by atoms with Crippen LogP contribution >= 0.6 is 0 Å². The van der Waals surface area contributed by atoms with Gasteiger partial charge in [0.2, 0.25) is 11.5 Å². The molecule has 35 heavy (non-hydrogen) atoms.